The van der Waals surface area contributed by atoms with Gasteiger partial charge in [0.15, 0.2) is 6.61 Å². The maximum atomic E-state index is 11.8. The summed E-state index contributed by atoms with van der Waals surface area (Å²) in [6.07, 6.45) is 0. The van der Waals surface area contributed by atoms with E-state index in [0.717, 1.165) is 17.3 Å². The molecular weight excluding hydrogens is 322 g/mol. The molecule has 0 radical (unpaired) electrons. The number of benzene rings is 2. The molecule has 0 aromatic heterocycles. The van der Waals surface area contributed by atoms with Crippen LogP contribution >= 0.6 is 11.8 Å². The van der Waals surface area contributed by atoms with Crippen LogP contribution in [0.5, 0.6) is 11.5 Å². The Kier molecular flexibility index (Phi) is 7.49. The lowest BCUT2D eigenvalue weighted by Crippen LogP contribution is -2.30. The molecule has 128 valence electrons. The zero-order valence-electron chi connectivity index (χ0n) is 14.1. The summed E-state index contributed by atoms with van der Waals surface area (Å²) in [5, 5.41) is 2.87. The molecule has 1 amide bonds. The Hall–Kier alpha value is -2.14. The van der Waals surface area contributed by atoms with E-state index in [1.807, 2.05) is 17.8 Å². The second-order valence-corrected chi connectivity index (χ2v) is 6.40. The first-order valence-corrected chi connectivity index (χ1v) is 9.00. The molecule has 1 N–H and O–H groups in total. The van der Waals surface area contributed by atoms with Gasteiger partial charge in [-0.3, -0.25) is 4.79 Å². The lowest BCUT2D eigenvalue weighted by Gasteiger charge is -2.08. The fourth-order valence-corrected chi connectivity index (χ4v) is 3.02. The van der Waals surface area contributed by atoms with Crippen LogP contribution < -0.4 is 14.8 Å². The summed E-state index contributed by atoms with van der Waals surface area (Å²) >= 11 is 1.81. The van der Waals surface area contributed by atoms with Gasteiger partial charge in [0.25, 0.3) is 5.91 Å². The fourth-order valence-electron chi connectivity index (χ4n) is 2.09. The molecule has 0 atom stereocenters. The van der Waals surface area contributed by atoms with Crippen LogP contribution in [0.25, 0.3) is 0 Å². The van der Waals surface area contributed by atoms with Crippen molar-refractivity contribution in [2.45, 2.75) is 12.7 Å². The van der Waals surface area contributed by atoms with Gasteiger partial charge in [-0.15, -0.1) is 0 Å². The largest absolute Gasteiger partial charge is 0.497 e. The number of hydrogen-bond acceptors (Lipinski definition) is 4. The minimum absolute atomic E-state index is 0.0226. The summed E-state index contributed by atoms with van der Waals surface area (Å²) < 4.78 is 10.5. The van der Waals surface area contributed by atoms with Crippen molar-refractivity contribution in [3.8, 4) is 11.5 Å². The zero-order valence-corrected chi connectivity index (χ0v) is 14.9. The molecule has 0 aliphatic heterocycles. The fraction of sp³-hybridized carbons (Fsp3) is 0.316. The van der Waals surface area contributed by atoms with Gasteiger partial charge in [-0.2, -0.15) is 11.8 Å². The molecule has 0 bridgehead atoms. The Balaban J connectivity index is 1.58. The van der Waals surface area contributed by atoms with Gasteiger partial charge in [-0.25, -0.2) is 0 Å². The highest BCUT2D eigenvalue weighted by molar-refractivity contribution is 7.98. The van der Waals surface area contributed by atoms with Gasteiger partial charge in [0.2, 0.25) is 0 Å². The molecule has 0 fully saturated rings. The first-order chi connectivity index (χ1) is 11.7. The summed E-state index contributed by atoms with van der Waals surface area (Å²) in [5.41, 5.74) is 2.65. The molecule has 2 aromatic carbocycles. The summed E-state index contributed by atoms with van der Waals surface area (Å²) in [6, 6.07) is 15.5. The first-order valence-electron chi connectivity index (χ1n) is 7.85. The van der Waals surface area contributed by atoms with Gasteiger partial charge < -0.3 is 14.8 Å². The molecule has 0 heterocycles. The summed E-state index contributed by atoms with van der Waals surface area (Å²) in [6.45, 7) is 2.78. The maximum Gasteiger partial charge on any atom is 0.257 e. The quantitative estimate of drug-likeness (QED) is 0.707. The minimum atomic E-state index is -0.109. The Morgan fingerprint density at radius 3 is 2.50 bits per heavy atom. The number of hydrogen-bond donors (Lipinski definition) is 1. The molecule has 2 aromatic rings. The van der Waals surface area contributed by atoms with Crippen molar-refractivity contribution >= 4 is 17.7 Å². The van der Waals surface area contributed by atoms with Crippen LogP contribution in [-0.2, 0) is 10.5 Å². The van der Waals surface area contributed by atoms with E-state index in [0.29, 0.717) is 12.3 Å². The average Bonchev–Trinajstić information content (AvgIpc) is 2.61. The second-order valence-electron chi connectivity index (χ2n) is 5.29. The van der Waals surface area contributed by atoms with Crippen LogP contribution in [0.1, 0.15) is 11.1 Å². The number of thioether (sulfide) groups is 1. The Bertz CT molecular complexity index is 643. The smallest absolute Gasteiger partial charge is 0.257 e. The van der Waals surface area contributed by atoms with E-state index in [2.05, 4.69) is 30.4 Å². The van der Waals surface area contributed by atoms with E-state index < -0.39 is 0 Å². The normalized spacial score (nSPS) is 10.2. The highest BCUT2D eigenvalue weighted by Crippen LogP contribution is 2.17. The van der Waals surface area contributed by atoms with E-state index in [1.54, 1.807) is 31.4 Å². The third kappa shape index (κ3) is 6.16. The molecule has 0 unspecified atom stereocenters. The number of carbonyl (C=O) groups excluding carboxylic acids is 1. The minimum Gasteiger partial charge on any atom is -0.497 e. The van der Waals surface area contributed by atoms with E-state index >= 15 is 0 Å². The van der Waals surface area contributed by atoms with Crippen LogP contribution in [0.4, 0.5) is 0 Å². The predicted molar refractivity (Wildman–Crippen MR) is 98.8 cm³/mol. The lowest BCUT2D eigenvalue weighted by molar-refractivity contribution is -0.122. The highest BCUT2D eigenvalue weighted by Gasteiger charge is 2.03. The third-order valence-electron chi connectivity index (χ3n) is 3.52. The molecule has 4 nitrogen and oxygen atoms in total. The molecule has 0 aliphatic rings. The Labute approximate surface area is 147 Å². The van der Waals surface area contributed by atoms with E-state index in [-0.39, 0.29) is 12.5 Å². The van der Waals surface area contributed by atoms with Crippen molar-refractivity contribution in [3.63, 3.8) is 0 Å². The number of nitrogens with one attached hydrogen (secondary N) is 1. The number of carbonyl (C=O) groups is 1. The molecular formula is C19H23NO3S. The van der Waals surface area contributed by atoms with Crippen LogP contribution in [0.2, 0.25) is 0 Å². The van der Waals surface area contributed by atoms with Crippen molar-refractivity contribution in [2.24, 2.45) is 0 Å². The topological polar surface area (TPSA) is 47.6 Å². The standard InChI is InChI=1S/C19H23NO3S/c1-15-5-3-4-6-16(15)14-24-12-11-20-19(21)13-23-18-9-7-17(22-2)8-10-18/h3-10H,11-14H2,1-2H3,(H,20,21). The molecule has 0 aliphatic carbocycles. The molecule has 24 heavy (non-hydrogen) atoms. The van der Waals surface area contributed by atoms with Crippen molar-refractivity contribution in [3.05, 3.63) is 59.7 Å². The summed E-state index contributed by atoms with van der Waals surface area (Å²) in [4.78, 5) is 11.8. The Morgan fingerprint density at radius 2 is 1.79 bits per heavy atom. The molecule has 5 heteroatoms. The van der Waals surface area contributed by atoms with Gasteiger partial charge in [-0.05, 0) is 42.3 Å². The van der Waals surface area contributed by atoms with Crippen molar-refractivity contribution < 1.29 is 14.3 Å². The average molecular weight is 345 g/mol. The highest BCUT2D eigenvalue weighted by atomic mass is 32.2. The first kappa shape index (κ1) is 18.2. The van der Waals surface area contributed by atoms with Gasteiger partial charge in [-0.1, -0.05) is 24.3 Å². The van der Waals surface area contributed by atoms with Crippen molar-refractivity contribution in [1.82, 2.24) is 5.32 Å². The van der Waals surface area contributed by atoms with Gasteiger partial charge >= 0.3 is 0 Å². The monoisotopic (exact) mass is 345 g/mol. The predicted octanol–water partition coefficient (Wildman–Crippen LogP) is 3.43. The van der Waals surface area contributed by atoms with Crippen molar-refractivity contribution in [1.29, 1.82) is 0 Å². The molecule has 0 saturated carbocycles. The van der Waals surface area contributed by atoms with Gasteiger partial charge in [0.05, 0.1) is 7.11 Å². The van der Waals surface area contributed by atoms with Gasteiger partial charge in [0.1, 0.15) is 11.5 Å². The zero-order chi connectivity index (χ0) is 17.2. The van der Waals surface area contributed by atoms with Crippen LogP contribution in [0.15, 0.2) is 48.5 Å². The number of ether oxygens (including phenoxy) is 2. The maximum absolute atomic E-state index is 11.8. The van der Waals surface area contributed by atoms with E-state index in [9.17, 15) is 4.79 Å². The number of rotatable bonds is 9. The van der Waals surface area contributed by atoms with E-state index in [1.165, 1.54) is 11.1 Å². The summed E-state index contributed by atoms with van der Waals surface area (Å²) in [5.74, 6) is 3.15. The number of amides is 1. The van der Waals surface area contributed by atoms with E-state index in [4.69, 9.17) is 9.47 Å². The Morgan fingerprint density at radius 1 is 1.08 bits per heavy atom. The lowest BCUT2D eigenvalue weighted by atomic mass is 10.1. The molecule has 0 saturated heterocycles. The second kappa shape index (κ2) is 9.88. The van der Waals surface area contributed by atoms with Crippen LogP contribution in [0.3, 0.4) is 0 Å². The third-order valence-corrected chi connectivity index (χ3v) is 4.52. The SMILES string of the molecule is COc1ccc(OCC(=O)NCCSCc2ccccc2C)cc1. The van der Waals surface area contributed by atoms with Crippen molar-refractivity contribution in [2.75, 3.05) is 26.0 Å². The molecule has 0 spiro atoms. The number of methoxy groups -OCH3 is 1. The van der Waals surface area contributed by atoms with Crippen LogP contribution in [-0.4, -0.2) is 31.9 Å². The molecule has 2 rings (SSSR count). The summed E-state index contributed by atoms with van der Waals surface area (Å²) in [7, 11) is 1.61. The van der Waals surface area contributed by atoms with Gasteiger partial charge in [0, 0.05) is 18.1 Å². The number of aryl methyl sites for hydroxylation is 1. The van der Waals surface area contributed by atoms with Crippen LogP contribution in [0, 0.1) is 6.92 Å².